The molecule has 0 aliphatic heterocycles. The first-order valence-corrected chi connectivity index (χ1v) is 6.96. The van der Waals surface area contributed by atoms with E-state index in [9.17, 15) is 5.11 Å². The average molecular weight is 387 g/mol. The van der Waals surface area contributed by atoms with E-state index in [0.717, 1.165) is 21.1 Å². The minimum Gasteiger partial charge on any atom is -0.506 e. The predicted molar refractivity (Wildman–Crippen MR) is 90.9 cm³/mol. The van der Waals surface area contributed by atoms with Crippen LogP contribution in [0.1, 0.15) is 0 Å². The normalized spacial score (nSPS) is 10.2. The number of hydrogen-bond donors (Lipinski definition) is 2. The summed E-state index contributed by atoms with van der Waals surface area (Å²) >= 11 is 9.33. The summed E-state index contributed by atoms with van der Waals surface area (Å²) in [5, 5.41) is 13.8. The number of aromatic nitrogens is 2. The third-order valence-corrected chi connectivity index (χ3v) is 3.60. The van der Waals surface area contributed by atoms with E-state index in [-0.39, 0.29) is 23.2 Å². The van der Waals surface area contributed by atoms with Gasteiger partial charge in [0.05, 0.1) is 10.5 Å². The standard InChI is InChI=1S/C14H9BrClN3O.ClH/c15-8-1-3-12-10(5-8)14(18-7-17-12)19-9-2-4-13(20)11(16)6-9;/h1-7,20H,(H,17,18,19);1H. The number of anilines is 2. The second-order valence-corrected chi connectivity index (χ2v) is 5.50. The summed E-state index contributed by atoms with van der Waals surface area (Å²) < 4.78 is 0.951. The maximum atomic E-state index is 9.43. The van der Waals surface area contributed by atoms with Gasteiger partial charge in [-0.3, -0.25) is 0 Å². The molecule has 2 N–H and O–H groups in total. The van der Waals surface area contributed by atoms with E-state index in [2.05, 4.69) is 31.2 Å². The van der Waals surface area contributed by atoms with Gasteiger partial charge in [0.2, 0.25) is 0 Å². The Balaban J connectivity index is 0.00000161. The molecule has 0 atom stereocenters. The predicted octanol–water partition coefficient (Wildman–Crippen LogP) is 4.92. The molecule has 108 valence electrons. The fourth-order valence-electron chi connectivity index (χ4n) is 1.85. The number of fused-ring (bicyclic) bond motifs is 1. The van der Waals surface area contributed by atoms with E-state index < -0.39 is 0 Å². The molecule has 0 bridgehead atoms. The second-order valence-electron chi connectivity index (χ2n) is 4.17. The van der Waals surface area contributed by atoms with Crippen LogP contribution in [0.25, 0.3) is 10.9 Å². The Hall–Kier alpha value is -1.56. The van der Waals surface area contributed by atoms with Crippen molar-refractivity contribution in [2.75, 3.05) is 5.32 Å². The lowest BCUT2D eigenvalue weighted by molar-refractivity contribution is 0.475. The van der Waals surface area contributed by atoms with Gasteiger partial charge in [0.25, 0.3) is 0 Å². The van der Waals surface area contributed by atoms with Crippen LogP contribution >= 0.6 is 39.9 Å². The molecule has 0 aliphatic carbocycles. The molecule has 4 nitrogen and oxygen atoms in total. The van der Waals surface area contributed by atoms with Crippen LogP contribution in [0.3, 0.4) is 0 Å². The third-order valence-electron chi connectivity index (χ3n) is 2.81. The van der Waals surface area contributed by atoms with Gasteiger partial charge in [0, 0.05) is 15.5 Å². The number of hydrogen-bond acceptors (Lipinski definition) is 4. The van der Waals surface area contributed by atoms with Crippen LogP contribution in [-0.2, 0) is 0 Å². The van der Waals surface area contributed by atoms with Gasteiger partial charge in [-0.25, -0.2) is 9.97 Å². The van der Waals surface area contributed by atoms with Crippen LogP contribution in [-0.4, -0.2) is 15.1 Å². The van der Waals surface area contributed by atoms with Gasteiger partial charge in [0.15, 0.2) is 0 Å². The Morgan fingerprint density at radius 1 is 1.10 bits per heavy atom. The van der Waals surface area contributed by atoms with Gasteiger partial charge in [0.1, 0.15) is 17.9 Å². The zero-order chi connectivity index (χ0) is 14.1. The van der Waals surface area contributed by atoms with Gasteiger partial charge < -0.3 is 10.4 Å². The molecule has 21 heavy (non-hydrogen) atoms. The molecule has 0 spiro atoms. The highest BCUT2D eigenvalue weighted by molar-refractivity contribution is 9.10. The molecule has 1 aromatic heterocycles. The SMILES string of the molecule is Cl.Oc1ccc(Nc2ncnc3ccc(Br)cc23)cc1Cl. The molecule has 0 saturated heterocycles. The van der Waals surface area contributed by atoms with E-state index in [0.29, 0.717) is 5.82 Å². The van der Waals surface area contributed by atoms with Crippen molar-refractivity contribution in [1.29, 1.82) is 0 Å². The molecule has 0 saturated carbocycles. The summed E-state index contributed by atoms with van der Waals surface area (Å²) in [6, 6.07) is 10.7. The fraction of sp³-hybridized carbons (Fsp3) is 0. The summed E-state index contributed by atoms with van der Waals surface area (Å²) in [6.45, 7) is 0. The quantitative estimate of drug-likeness (QED) is 0.614. The molecule has 7 heteroatoms. The van der Waals surface area contributed by atoms with Crippen molar-refractivity contribution < 1.29 is 5.11 Å². The molecular weight excluding hydrogens is 377 g/mol. The number of phenols is 1. The van der Waals surface area contributed by atoms with Gasteiger partial charge >= 0.3 is 0 Å². The van der Waals surface area contributed by atoms with E-state index in [1.165, 1.54) is 12.4 Å². The number of phenolic OH excluding ortho intramolecular Hbond substituents is 1. The molecule has 0 fully saturated rings. The Bertz CT molecular complexity index is 798. The average Bonchev–Trinajstić information content (AvgIpc) is 2.44. The van der Waals surface area contributed by atoms with Crippen LogP contribution in [0.15, 0.2) is 47.2 Å². The lowest BCUT2D eigenvalue weighted by Gasteiger charge is -2.09. The van der Waals surface area contributed by atoms with Crippen molar-refractivity contribution in [3.63, 3.8) is 0 Å². The minimum atomic E-state index is 0. The van der Waals surface area contributed by atoms with Crippen molar-refractivity contribution >= 4 is 62.3 Å². The zero-order valence-electron chi connectivity index (χ0n) is 10.5. The van der Waals surface area contributed by atoms with Crippen LogP contribution in [0.4, 0.5) is 11.5 Å². The van der Waals surface area contributed by atoms with Crippen molar-refractivity contribution in [2.45, 2.75) is 0 Å². The van der Waals surface area contributed by atoms with Crippen molar-refractivity contribution in [2.24, 2.45) is 0 Å². The second kappa shape index (κ2) is 6.47. The number of halogens is 3. The van der Waals surface area contributed by atoms with E-state index in [4.69, 9.17) is 11.6 Å². The molecule has 1 heterocycles. The van der Waals surface area contributed by atoms with Crippen LogP contribution in [0.2, 0.25) is 5.02 Å². The van der Waals surface area contributed by atoms with Gasteiger partial charge in [-0.2, -0.15) is 0 Å². The Morgan fingerprint density at radius 3 is 2.67 bits per heavy atom. The molecule has 0 amide bonds. The van der Waals surface area contributed by atoms with E-state index in [1.807, 2.05) is 18.2 Å². The lowest BCUT2D eigenvalue weighted by Crippen LogP contribution is -1.96. The molecule has 0 radical (unpaired) electrons. The van der Waals surface area contributed by atoms with Crippen LogP contribution in [0.5, 0.6) is 5.75 Å². The van der Waals surface area contributed by atoms with Crippen LogP contribution in [0, 0.1) is 0 Å². The molecule has 3 aromatic rings. The molecular formula is C14H10BrCl2N3O. The van der Waals surface area contributed by atoms with Crippen molar-refractivity contribution in [3.8, 4) is 5.75 Å². The maximum absolute atomic E-state index is 9.43. The number of rotatable bonds is 2. The monoisotopic (exact) mass is 385 g/mol. The number of aromatic hydroxyl groups is 1. The third kappa shape index (κ3) is 3.37. The van der Waals surface area contributed by atoms with E-state index >= 15 is 0 Å². The van der Waals surface area contributed by atoms with Crippen molar-refractivity contribution in [3.05, 3.63) is 52.2 Å². The highest BCUT2D eigenvalue weighted by atomic mass is 79.9. The Morgan fingerprint density at radius 2 is 1.90 bits per heavy atom. The first kappa shape index (κ1) is 15.8. The lowest BCUT2D eigenvalue weighted by atomic mass is 10.2. The van der Waals surface area contributed by atoms with Gasteiger partial charge in [-0.1, -0.05) is 27.5 Å². The number of nitrogens with one attached hydrogen (secondary N) is 1. The first-order chi connectivity index (χ1) is 9.63. The van der Waals surface area contributed by atoms with Crippen molar-refractivity contribution in [1.82, 2.24) is 9.97 Å². The smallest absolute Gasteiger partial charge is 0.141 e. The summed E-state index contributed by atoms with van der Waals surface area (Å²) in [7, 11) is 0. The maximum Gasteiger partial charge on any atom is 0.141 e. The number of benzene rings is 2. The summed E-state index contributed by atoms with van der Waals surface area (Å²) in [4.78, 5) is 8.46. The summed E-state index contributed by atoms with van der Waals surface area (Å²) in [5.74, 6) is 0.727. The van der Waals surface area contributed by atoms with Crippen LogP contribution < -0.4 is 5.32 Å². The zero-order valence-corrected chi connectivity index (χ0v) is 13.7. The Labute approximate surface area is 140 Å². The first-order valence-electron chi connectivity index (χ1n) is 5.79. The molecule has 3 rings (SSSR count). The Kier molecular flexibility index (Phi) is 4.88. The highest BCUT2D eigenvalue weighted by Gasteiger charge is 2.06. The molecule has 0 aliphatic rings. The fourth-order valence-corrected chi connectivity index (χ4v) is 2.39. The summed E-state index contributed by atoms with van der Waals surface area (Å²) in [6.07, 6.45) is 1.50. The van der Waals surface area contributed by atoms with Gasteiger partial charge in [-0.05, 0) is 36.4 Å². The highest BCUT2D eigenvalue weighted by Crippen LogP contribution is 2.30. The largest absolute Gasteiger partial charge is 0.506 e. The minimum absolute atomic E-state index is 0. The number of nitrogens with zero attached hydrogens (tertiary/aromatic N) is 2. The summed E-state index contributed by atoms with van der Waals surface area (Å²) in [5.41, 5.74) is 1.59. The molecule has 0 unspecified atom stereocenters. The van der Waals surface area contributed by atoms with E-state index in [1.54, 1.807) is 12.1 Å². The molecule has 2 aromatic carbocycles. The topological polar surface area (TPSA) is 58.0 Å². The van der Waals surface area contributed by atoms with Gasteiger partial charge in [-0.15, -0.1) is 12.4 Å².